The second kappa shape index (κ2) is 3.53. The van der Waals surface area contributed by atoms with Gasteiger partial charge < -0.3 is 4.74 Å². The van der Waals surface area contributed by atoms with E-state index in [9.17, 15) is 9.18 Å². The lowest BCUT2D eigenvalue weighted by molar-refractivity contribution is 0.150. The zero-order chi connectivity index (χ0) is 11.0. The molecule has 0 N–H and O–H groups in total. The zero-order valence-corrected chi connectivity index (χ0v) is 8.66. The van der Waals surface area contributed by atoms with E-state index in [1.165, 1.54) is 11.0 Å². The van der Waals surface area contributed by atoms with Crippen molar-refractivity contribution in [2.45, 2.75) is 20.0 Å². The van der Waals surface area contributed by atoms with Crippen molar-refractivity contribution in [1.82, 2.24) is 0 Å². The highest BCUT2D eigenvalue weighted by Crippen LogP contribution is 2.23. The molecule has 0 aromatic heterocycles. The molecule has 15 heavy (non-hydrogen) atoms. The molecule has 0 radical (unpaired) electrons. The summed E-state index contributed by atoms with van der Waals surface area (Å²) in [5.74, 6) is -0.306. The van der Waals surface area contributed by atoms with E-state index < -0.39 is 6.09 Å². The number of halogens is 1. The summed E-state index contributed by atoms with van der Waals surface area (Å²) in [5.41, 5.74) is 1.12. The molecule has 1 aliphatic heterocycles. The molecular formula is C11H12FNO2. The van der Waals surface area contributed by atoms with Crippen LogP contribution in [0.4, 0.5) is 14.9 Å². The summed E-state index contributed by atoms with van der Waals surface area (Å²) in [7, 11) is 0. The Balaban J connectivity index is 2.30. The summed E-state index contributed by atoms with van der Waals surface area (Å²) >= 11 is 0. The highest BCUT2D eigenvalue weighted by atomic mass is 19.1. The lowest BCUT2D eigenvalue weighted by atomic mass is 10.2. The summed E-state index contributed by atoms with van der Waals surface area (Å²) in [5, 5.41) is 0. The monoisotopic (exact) mass is 209 g/mol. The van der Waals surface area contributed by atoms with Gasteiger partial charge in [-0.1, -0.05) is 6.07 Å². The van der Waals surface area contributed by atoms with Crippen LogP contribution in [0.3, 0.4) is 0 Å². The van der Waals surface area contributed by atoms with Gasteiger partial charge in [-0.3, -0.25) is 4.90 Å². The lowest BCUT2D eigenvalue weighted by Gasteiger charge is -2.13. The molecular weight excluding hydrogens is 197 g/mol. The molecule has 80 valence electrons. The number of rotatable bonds is 1. The molecule has 0 saturated carbocycles. The first-order valence-electron chi connectivity index (χ1n) is 4.82. The Morgan fingerprint density at radius 1 is 1.53 bits per heavy atom. The average molecular weight is 209 g/mol. The maximum absolute atomic E-state index is 13.3. The van der Waals surface area contributed by atoms with E-state index in [1.54, 1.807) is 19.1 Å². The molecule has 3 nitrogen and oxygen atoms in total. The van der Waals surface area contributed by atoms with E-state index in [4.69, 9.17) is 4.74 Å². The van der Waals surface area contributed by atoms with Gasteiger partial charge in [-0.05, 0) is 31.5 Å². The van der Waals surface area contributed by atoms with Crippen molar-refractivity contribution < 1.29 is 13.9 Å². The molecule has 2 rings (SSSR count). The number of hydrogen-bond acceptors (Lipinski definition) is 2. The number of carbonyl (C=O) groups is 1. The van der Waals surface area contributed by atoms with E-state index in [2.05, 4.69) is 0 Å². The summed E-state index contributed by atoms with van der Waals surface area (Å²) in [4.78, 5) is 12.8. The molecule has 1 aromatic rings. The van der Waals surface area contributed by atoms with Crippen LogP contribution in [-0.4, -0.2) is 18.7 Å². The van der Waals surface area contributed by atoms with Crippen LogP contribution in [0.2, 0.25) is 0 Å². The van der Waals surface area contributed by atoms with Crippen LogP contribution in [-0.2, 0) is 4.74 Å². The number of aryl methyl sites for hydroxylation is 1. The fourth-order valence-electron chi connectivity index (χ4n) is 1.57. The van der Waals surface area contributed by atoms with E-state index >= 15 is 0 Å². The van der Waals surface area contributed by atoms with E-state index in [-0.39, 0.29) is 11.9 Å². The number of carbonyl (C=O) groups excluding carboxylic acids is 1. The van der Waals surface area contributed by atoms with Crippen molar-refractivity contribution in [1.29, 1.82) is 0 Å². The largest absolute Gasteiger partial charge is 0.444 e. The Hall–Kier alpha value is -1.58. The smallest absolute Gasteiger partial charge is 0.414 e. The van der Waals surface area contributed by atoms with Gasteiger partial charge in [0.25, 0.3) is 0 Å². The van der Waals surface area contributed by atoms with Crippen molar-refractivity contribution in [2.24, 2.45) is 0 Å². The molecule has 1 amide bonds. The first-order chi connectivity index (χ1) is 7.08. The molecule has 0 aliphatic carbocycles. The maximum atomic E-state index is 13.3. The van der Waals surface area contributed by atoms with Crippen LogP contribution in [0.5, 0.6) is 0 Å². The molecule has 1 aliphatic rings. The van der Waals surface area contributed by atoms with Crippen LogP contribution in [0.25, 0.3) is 0 Å². The zero-order valence-electron chi connectivity index (χ0n) is 8.66. The fraction of sp³-hybridized carbons (Fsp3) is 0.364. The summed E-state index contributed by atoms with van der Waals surface area (Å²) in [6, 6.07) is 4.73. The summed E-state index contributed by atoms with van der Waals surface area (Å²) in [6.45, 7) is 3.97. The molecule has 4 heteroatoms. The first kappa shape index (κ1) is 9.96. The van der Waals surface area contributed by atoms with Gasteiger partial charge in [-0.15, -0.1) is 0 Å². The number of amides is 1. The van der Waals surface area contributed by atoms with Crippen molar-refractivity contribution in [2.75, 3.05) is 11.4 Å². The number of hydrogen-bond donors (Lipinski definition) is 0. The predicted molar refractivity (Wildman–Crippen MR) is 54.4 cm³/mol. The van der Waals surface area contributed by atoms with Crippen molar-refractivity contribution >= 4 is 11.8 Å². The topological polar surface area (TPSA) is 29.5 Å². The van der Waals surface area contributed by atoms with Gasteiger partial charge in [0, 0.05) is 0 Å². The van der Waals surface area contributed by atoms with Crippen LogP contribution in [0, 0.1) is 12.7 Å². The van der Waals surface area contributed by atoms with Gasteiger partial charge in [0.2, 0.25) is 0 Å². The second-order valence-electron chi connectivity index (χ2n) is 3.74. The van der Waals surface area contributed by atoms with Gasteiger partial charge in [-0.2, -0.15) is 0 Å². The van der Waals surface area contributed by atoms with Gasteiger partial charge in [0.05, 0.1) is 12.2 Å². The number of benzene rings is 1. The van der Waals surface area contributed by atoms with Crippen LogP contribution in [0.1, 0.15) is 12.5 Å². The summed E-state index contributed by atoms with van der Waals surface area (Å²) < 4.78 is 18.2. The molecule has 1 atom stereocenters. The average Bonchev–Trinajstić information content (AvgIpc) is 2.50. The molecule has 1 aromatic carbocycles. The standard InChI is InChI=1S/C11H12FNO2/c1-7-3-4-9(5-10(7)12)13-6-8(2)15-11(13)14/h3-5,8H,6H2,1-2H3/t8-/m1/s1. The normalized spacial score (nSPS) is 20.6. The van der Waals surface area contributed by atoms with Gasteiger partial charge in [-0.25, -0.2) is 9.18 Å². The van der Waals surface area contributed by atoms with Crippen molar-refractivity contribution in [3.63, 3.8) is 0 Å². The number of anilines is 1. The molecule has 1 fully saturated rings. The Bertz CT molecular complexity index is 406. The van der Waals surface area contributed by atoms with Crippen molar-refractivity contribution in [3.05, 3.63) is 29.6 Å². The Morgan fingerprint density at radius 3 is 2.80 bits per heavy atom. The highest BCUT2D eigenvalue weighted by molar-refractivity contribution is 5.89. The van der Waals surface area contributed by atoms with E-state index in [0.717, 1.165) is 0 Å². The third kappa shape index (κ3) is 1.79. The van der Waals surface area contributed by atoms with E-state index in [0.29, 0.717) is 17.8 Å². The number of cyclic esters (lactones) is 1. The number of ether oxygens (including phenoxy) is 1. The highest BCUT2D eigenvalue weighted by Gasteiger charge is 2.29. The van der Waals surface area contributed by atoms with Crippen LogP contribution >= 0.6 is 0 Å². The van der Waals surface area contributed by atoms with Crippen molar-refractivity contribution in [3.8, 4) is 0 Å². The van der Waals surface area contributed by atoms with Gasteiger partial charge in [0.1, 0.15) is 11.9 Å². The number of nitrogens with zero attached hydrogens (tertiary/aromatic N) is 1. The van der Waals surface area contributed by atoms with Crippen LogP contribution in [0.15, 0.2) is 18.2 Å². The SMILES string of the molecule is Cc1ccc(N2C[C@@H](C)OC2=O)cc1F. The third-order valence-electron chi connectivity index (χ3n) is 2.43. The molecule has 0 bridgehead atoms. The Morgan fingerprint density at radius 2 is 2.27 bits per heavy atom. The minimum Gasteiger partial charge on any atom is -0.444 e. The quantitative estimate of drug-likeness (QED) is 0.711. The minimum absolute atomic E-state index is 0.137. The first-order valence-corrected chi connectivity index (χ1v) is 4.82. The molecule has 0 spiro atoms. The predicted octanol–water partition coefficient (Wildman–Crippen LogP) is 2.48. The van der Waals surface area contributed by atoms with E-state index in [1.807, 2.05) is 6.92 Å². The Labute approximate surface area is 87.5 Å². The Kier molecular flexibility index (Phi) is 2.34. The minimum atomic E-state index is -0.411. The second-order valence-corrected chi connectivity index (χ2v) is 3.74. The lowest BCUT2D eigenvalue weighted by Crippen LogP contribution is -2.24. The molecule has 1 heterocycles. The van der Waals surface area contributed by atoms with Gasteiger partial charge in [0.15, 0.2) is 0 Å². The molecule has 1 saturated heterocycles. The third-order valence-corrected chi connectivity index (χ3v) is 2.43. The fourth-order valence-corrected chi connectivity index (χ4v) is 1.57. The maximum Gasteiger partial charge on any atom is 0.414 e. The van der Waals surface area contributed by atoms with Crippen LogP contribution < -0.4 is 4.90 Å². The molecule has 0 unspecified atom stereocenters. The summed E-state index contributed by atoms with van der Waals surface area (Å²) in [6.07, 6.45) is -0.549. The van der Waals surface area contributed by atoms with Gasteiger partial charge >= 0.3 is 6.09 Å².